The van der Waals surface area contributed by atoms with Gasteiger partial charge in [-0.25, -0.2) is 0 Å². The van der Waals surface area contributed by atoms with Gasteiger partial charge < -0.3 is 14.5 Å². The molecule has 1 N–H and O–H groups in total. The summed E-state index contributed by atoms with van der Waals surface area (Å²) >= 11 is 0. The van der Waals surface area contributed by atoms with Gasteiger partial charge in [-0.05, 0) is 40.7 Å². The summed E-state index contributed by atoms with van der Waals surface area (Å²) in [6.45, 7) is 11.6. The Kier molecular flexibility index (Phi) is 4.42. The van der Waals surface area contributed by atoms with Crippen LogP contribution in [0.5, 0.6) is 5.75 Å². The normalized spacial score (nSPS) is 11.9. The van der Waals surface area contributed by atoms with E-state index in [4.69, 9.17) is 9.15 Å². The number of furan rings is 1. The van der Waals surface area contributed by atoms with Crippen LogP contribution in [0.3, 0.4) is 0 Å². The van der Waals surface area contributed by atoms with Gasteiger partial charge in [0.25, 0.3) is 0 Å². The molecule has 5 heteroatoms. The van der Waals surface area contributed by atoms with E-state index < -0.39 is 0 Å². The number of nitrogens with zero attached hydrogens (tertiary/aromatic N) is 2. The maximum absolute atomic E-state index is 5.84. The average molecular weight is 291 g/mol. The minimum atomic E-state index is 0.0951. The van der Waals surface area contributed by atoms with E-state index in [1.807, 2.05) is 31.6 Å². The van der Waals surface area contributed by atoms with Crippen LogP contribution in [0.25, 0.3) is 0 Å². The van der Waals surface area contributed by atoms with Gasteiger partial charge in [-0.3, -0.25) is 4.68 Å². The first kappa shape index (κ1) is 15.6. The highest BCUT2D eigenvalue weighted by atomic mass is 16.5. The highest BCUT2D eigenvalue weighted by Crippen LogP contribution is 2.23. The molecule has 0 fully saturated rings. The van der Waals surface area contributed by atoms with E-state index in [1.165, 1.54) is 0 Å². The lowest BCUT2D eigenvalue weighted by atomic mass is 10.1. The predicted octanol–water partition coefficient (Wildman–Crippen LogP) is 3.10. The number of rotatable bonds is 5. The monoisotopic (exact) mass is 291 g/mol. The van der Waals surface area contributed by atoms with E-state index in [-0.39, 0.29) is 5.54 Å². The molecule has 0 atom stereocenters. The van der Waals surface area contributed by atoms with E-state index in [1.54, 1.807) is 6.26 Å². The summed E-state index contributed by atoms with van der Waals surface area (Å²) in [5, 5.41) is 7.77. The van der Waals surface area contributed by atoms with Crippen molar-refractivity contribution in [3.63, 3.8) is 0 Å². The Morgan fingerprint density at radius 3 is 2.62 bits per heavy atom. The maximum atomic E-state index is 5.84. The van der Waals surface area contributed by atoms with Crippen LogP contribution in [0, 0.1) is 13.8 Å². The van der Waals surface area contributed by atoms with Crippen molar-refractivity contribution in [2.75, 3.05) is 0 Å². The van der Waals surface area contributed by atoms with E-state index in [9.17, 15) is 0 Å². The Balaban J connectivity index is 1.94. The third kappa shape index (κ3) is 4.11. The summed E-state index contributed by atoms with van der Waals surface area (Å²) in [4.78, 5) is 0. The molecule has 21 heavy (non-hydrogen) atoms. The second kappa shape index (κ2) is 5.93. The topological polar surface area (TPSA) is 52.2 Å². The summed E-state index contributed by atoms with van der Waals surface area (Å²) in [6.07, 6.45) is 1.78. The molecule has 116 valence electrons. The van der Waals surface area contributed by atoms with Crippen molar-refractivity contribution in [3.05, 3.63) is 35.0 Å². The molecule has 2 heterocycles. The fourth-order valence-corrected chi connectivity index (χ4v) is 2.07. The van der Waals surface area contributed by atoms with Gasteiger partial charge in [0.2, 0.25) is 0 Å². The Labute approximate surface area is 126 Å². The highest BCUT2D eigenvalue weighted by molar-refractivity contribution is 5.31. The van der Waals surface area contributed by atoms with Gasteiger partial charge in [-0.1, -0.05) is 0 Å². The zero-order valence-electron chi connectivity index (χ0n) is 13.8. The fourth-order valence-electron chi connectivity index (χ4n) is 2.07. The summed E-state index contributed by atoms with van der Waals surface area (Å²) in [6, 6.07) is 2.03. The summed E-state index contributed by atoms with van der Waals surface area (Å²) in [5.41, 5.74) is 3.14. The quantitative estimate of drug-likeness (QED) is 0.919. The largest absolute Gasteiger partial charge is 0.482 e. The van der Waals surface area contributed by atoms with Gasteiger partial charge in [0.15, 0.2) is 5.75 Å². The van der Waals surface area contributed by atoms with Crippen LogP contribution in [0.4, 0.5) is 0 Å². The van der Waals surface area contributed by atoms with Gasteiger partial charge in [-0.15, -0.1) is 0 Å². The minimum absolute atomic E-state index is 0.0951. The van der Waals surface area contributed by atoms with Crippen LogP contribution in [0.2, 0.25) is 0 Å². The standard InChI is InChI=1S/C16H25N3O2/c1-11-15(12(2)19(6)18-11)21-10-14-7-13(9-20-14)8-17-16(3,4)5/h7,9,17H,8,10H2,1-6H3. The van der Waals surface area contributed by atoms with Crippen LogP contribution in [-0.2, 0) is 20.2 Å². The molecule has 0 aliphatic carbocycles. The zero-order chi connectivity index (χ0) is 15.6. The number of hydrogen-bond donors (Lipinski definition) is 1. The highest BCUT2D eigenvalue weighted by Gasteiger charge is 2.13. The van der Waals surface area contributed by atoms with E-state index in [0.717, 1.165) is 35.0 Å². The molecule has 2 aromatic heterocycles. The molecule has 0 aliphatic heterocycles. The van der Waals surface area contributed by atoms with Gasteiger partial charge in [0, 0.05) is 24.7 Å². The molecule has 0 radical (unpaired) electrons. The van der Waals surface area contributed by atoms with Crippen molar-refractivity contribution in [2.24, 2.45) is 7.05 Å². The van der Waals surface area contributed by atoms with Crippen molar-refractivity contribution < 1.29 is 9.15 Å². The molecule has 5 nitrogen and oxygen atoms in total. The smallest absolute Gasteiger partial charge is 0.163 e. The van der Waals surface area contributed by atoms with Crippen LogP contribution in [0.15, 0.2) is 16.7 Å². The molecular weight excluding hydrogens is 266 g/mol. The van der Waals surface area contributed by atoms with Crippen molar-refractivity contribution in [1.29, 1.82) is 0 Å². The maximum Gasteiger partial charge on any atom is 0.163 e. The summed E-state index contributed by atoms with van der Waals surface area (Å²) < 4.78 is 13.2. The molecule has 0 unspecified atom stereocenters. The number of aryl methyl sites for hydroxylation is 2. The molecule has 2 aromatic rings. The first-order chi connectivity index (χ1) is 9.76. The number of ether oxygens (including phenoxy) is 1. The Bertz CT molecular complexity index is 606. The molecule has 0 amide bonds. The van der Waals surface area contributed by atoms with Crippen molar-refractivity contribution in [3.8, 4) is 5.75 Å². The molecule has 2 rings (SSSR count). The summed E-state index contributed by atoms with van der Waals surface area (Å²) in [7, 11) is 1.92. The lowest BCUT2D eigenvalue weighted by molar-refractivity contribution is 0.267. The number of hydrogen-bond acceptors (Lipinski definition) is 4. The first-order valence-electron chi connectivity index (χ1n) is 7.20. The lowest BCUT2D eigenvalue weighted by Gasteiger charge is -2.19. The van der Waals surface area contributed by atoms with E-state index in [2.05, 4.69) is 31.2 Å². The van der Waals surface area contributed by atoms with E-state index >= 15 is 0 Å². The molecule has 0 aliphatic rings. The third-order valence-corrected chi connectivity index (χ3v) is 3.33. The molecule has 0 saturated carbocycles. The average Bonchev–Trinajstić information content (AvgIpc) is 2.91. The fraction of sp³-hybridized carbons (Fsp3) is 0.562. The van der Waals surface area contributed by atoms with Gasteiger partial charge >= 0.3 is 0 Å². The Hall–Kier alpha value is -1.75. The van der Waals surface area contributed by atoms with Crippen LogP contribution in [-0.4, -0.2) is 15.3 Å². The van der Waals surface area contributed by atoms with Gasteiger partial charge in [0.1, 0.15) is 18.1 Å². The Morgan fingerprint density at radius 2 is 2.05 bits per heavy atom. The third-order valence-electron chi connectivity index (χ3n) is 3.33. The molecule has 0 spiro atoms. The molecule has 0 saturated heterocycles. The predicted molar refractivity (Wildman–Crippen MR) is 82.3 cm³/mol. The molecular formula is C16H25N3O2. The second-order valence-corrected chi connectivity index (χ2v) is 6.44. The SMILES string of the molecule is Cc1nn(C)c(C)c1OCc1cc(CNC(C)(C)C)co1. The van der Waals surface area contributed by atoms with E-state index in [0.29, 0.717) is 6.61 Å². The van der Waals surface area contributed by atoms with Gasteiger partial charge in [0.05, 0.1) is 12.0 Å². The molecule has 0 bridgehead atoms. The number of aromatic nitrogens is 2. The molecule has 0 aromatic carbocycles. The van der Waals surface area contributed by atoms with Crippen LogP contribution >= 0.6 is 0 Å². The van der Waals surface area contributed by atoms with Crippen molar-refractivity contribution >= 4 is 0 Å². The first-order valence-corrected chi connectivity index (χ1v) is 7.20. The second-order valence-electron chi connectivity index (χ2n) is 6.44. The van der Waals surface area contributed by atoms with Gasteiger partial charge in [-0.2, -0.15) is 5.10 Å². The Morgan fingerprint density at radius 1 is 1.33 bits per heavy atom. The van der Waals surface area contributed by atoms with Crippen molar-refractivity contribution in [2.45, 2.75) is 53.3 Å². The lowest BCUT2D eigenvalue weighted by Crippen LogP contribution is -2.34. The summed E-state index contributed by atoms with van der Waals surface area (Å²) in [5.74, 6) is 1.66. The number of nitrogens with one attached hydrogen (secondary N) is 1. The van der Waals surface area contributed by atoms with Crippen LogP contribution < -0.4 is 10.1 Å². The zero-order valence-corrected chi connectivity index (χ0v) is 13.8. The van der Waals surface area contributed by atoms with Crippen LogP contribution in [0.1, 0.15) is 43.5 Å². The van der Waals surface area contributed by atoms with Crippen molar-refractivity contribution in [1.82, 2.24) is 15.1 Å². The minimum Gasteiger partial charge on any atom is -0.482 e.